The minimum absolute atomic E-state index is 0.448. The Morgan fingerprint density at radius 3 is 2.64 bits per heavy atom. The Balaban J connectivity index is 1.95. The van der Waals surface area contributed by atoms with Gasteiger partial charge in [0.05, 0.1) is 26.2 Å². The number of hydrogen-bond donors (Lipinski definition) is 1. The molecule has 6 heteroatoms. The summed E-state index contributed by atoms with van der Waals surface area (Å²) in [6.07, 6.45) is 2.09. The van der Waals surface area contributed by atoms with Crippen LogP contribution in [-0.2, 0) is 4.65 Å². The quantitative estimate of drug-likeness (QED) is 0.879. The molecular weight excluding hydrogens is 281 g/mol. The highest BCUT2D eigenvalue weighted by molar-refractivity contribution is 6.47. The SMILES string of the molecule is COc1ccc(-c2cccc(C3=COB(O)C3)c2)nc1OC. The first kappa shape index (κ1) is 14.5. The zero-order valence-electron chi connectivity index (χ0n) is 12.4. The lowest BCUT2D eigenvalue weighted by molar-refractivity contribution is 0.343. The van der Waals surface area contributed by atoms with Crippen LogP contribution in [0.3, 0.4) is 0 Å². The van der Waals surface area contributed by atoms with E-state index in [1.807, 2.05) is 36.4 Å². The average molecular weight is 297 g/mol. The number of hydrogen-bond acceptors (Lipinski definition) is 5. The Morgan fingerprint density at radius 2 is 1.95 bits per heavy atom. The van der Waals surface area contributed by atoms with E-state index in [4.69, 9.17) is 14.1 Å². The maximum atomic E-state index is 9.46. The smallest absolute Gasteiger partial charge is 0.526 e. The summed E-state index contributed by atoms with van der Waals surface area (Å²) < 4.78 is 15.5. The molecule has 3 rings (SSSR count). The molecule has 1 aliphatic rings. The third kappa shape index (κ3) is 2.78. The van der Waals surface area contributed by atoms with Gasteiger partial charge in [-0.25, -0.2) is 4.98 Å². The summed E-state index contributed by atoms with van der Waals surface area (Å²) in [5.74, 6) is 1.04. The zero-order valence-corrected chi connectivity index (χ0v) is 12.4. The van der Waals surface area contributed by atoms with Crippen LogP contribution in [0, 0.1) is 0 Å². The molecular formula is C16H16BNO4. The van der Waals surface area contributed by atoms with E-state index in [0.29, 0.717) is 17.9 Å². The van der Waals surface area contributed by atoms with Crippen LogP contribution in [-0.4, -0.2) is 31.3 Å². The molecule has 1 N–H and O–H groups in total. The van der Waals surface area contributed by atoms with E-state index in [9.17, 15) is 5.02 Å². The summed E-state index contributed by atoms with van der Waals surface area (Å²) in [6.45, 7) is 0. The monoisotopic (exact) mass is 297 g/mol. The topological polar surface area (TPSA) is 60.8 Å². The van der Waals surface area contributed by atoms with E-state index in [1.54, 1.807) is 20.5 Å². The fourth-order valence-electron chi connectivity index (χ4n) is 2.40. The molecule has 0 atom stereocenters. The first-order chi connectivity index (χ1) is 10.7. The van der Waals surface area contributed by atoms with Crippen molar-refractivity contribution in [1.29, 1.82) is 0 Å². The second kappa shape index (κ2) is 6.11. The number of benzene rings is 1. The van der Waals surface area contributed by atoms with Crippen molar-refractivity contribution in [2.75, 3.05) is 14.2 Å². The number of aromatic nitrogens is 1. The Morgan fingerprint density at radius 1 is 1.14 bits per heavy atom. The highest BCUT2D eigenvalue weighted by Gasteiger charge is 2.23. The number of pyridine rings is 1. The summed E-state index contributed by atoms with van der Waals surface area (Å²) in [6, 6.07) is 11.6. The molecule has 1 aromatic carbocycles. The molecule has 0 spiro atoms. The summed E-state index contributed by atoms with van der Waals surface area (Å²) in [7, 11) is 2.39. The molecule has 2 heterocycles. The number of ether oxygens (including phenoxy) is 2. The van der Waals surface area contributed by atoms with E-state index in [-0.39, 0.29) is 0 Å². The van der Waals surface area contributed by atoms with E-state index in [2.05, 4.69) is 4.98 Å². The Bertz CT molecular complexity index is 717. The van der Waals surface area contributed by atoms with Crippen LogP contribution in [0.25, 0.3) is 16.8 Å². The number of methoxy groups -OCH3 is 2. The van der Waals surface area contributed by atoms with Gasteiger partial charge in [-0.1, -0.05) is 18.2 Å². The number of allylic oxidation sites excluding steroid dienone is 1. The van der Waals surface area contributed by atoms with Crippen molar-refractivity contribution in [3.8, 4) is 22.9 Å². The minimum Gasteiger partial charge on any atom is -0.542 e. The second-order valence-corrected chi connectivity index (χ2v) is 4.93. The van der Waals surface area contributed by atoms with Crippen molar-refractivity contribution >= 4 is 12.7 Å². The van der Waals surface area contributed by atoms with Crippen molar-refractivity contribution < 1.29 is 19.2 Å². The molecule has 1 aromatic heterocycles. The molecule has 0 saturated heterocycles. The molecule has 22 heavy (non-hydrogen) atoms. The van der Waals surface area contributed by atoms with Gasteiger partial charge in [-0.15, -0.1) is 0 Å². The highest BCUT2D eigenvalue weighted by Crippen LogP contribution is 2.31. The Hall–Kier alpha value is -2.47. The van der Waals surface area contributed by atoms with Crippen LogP contribution in [0.1, 0.15) is 5.56 Å². The molecule has 1 aliphatic heterocycles. The molecule has 0 aliphatic carbocycles. The molecule has 0 fully saturated rings. The van der Waals surface area contributed by atoms with Gasteiger partial charge < -0.3 is 19.2 Å². The lowest BCUT2D eigenvalue weighted by Gasteiger charge is -2.09. The predicted octanol–water partition coefficient (Wildman–Crippen LogP) is 2.62. The maximum absolute atomic E-state index is 9.46. The molecule has 0 amide bonds. The first-order valence-corrected chi connectivity index (χ1v) is 6.93. The van der Waals surface area contributed by atoms with E-state index >= 15 is 0 Å². The van der Waals surface area contributed by atoms with Gasteiger partial charge in [0.25, 0.3) is 5.88 Å². The molecule has 0 unspecified atom stereocenters. The lowest BCUT2D eigenvalue weighted by Crippen LogP contribution is -2.08. The lowest BCUT2D eigenvalue weighted by atomic mass is 9.82. The third-order valence-electron chi connectivity index (χ3n) is 3.53. The summed E-state index contributed by atoms with van der Waals surface area (Å²) in [5.41, 5.74) is 3.72. The second-order valence-electron chi connectivity index (χ2n) is 4.93. The molecule has 0 bridgehead atoms. The van der Waals surface area contributed by atoms with Crippen LogP contribution in [0.2, 0.25) is 6.32 Å². The first-order valence-electron chi connectivity index (χ1n) is 6.93. The molecule has 5 nitrogen and oxygen atoms in total. The van der Waals surface area contributed by atoms with E-state index in [0.717, 1.165) is 22.4 Å². The number of rotatable bonds is 4. The standard InChI is InChI=1S/C16H16BNO4/c1-20-15-7-6-14(18-16(15)21-2)12-5-3-4-11(8-12)13-9-17(19)22-10-13/h3-8,10,19H,9H2,1-2H3. The van der Waals surface area contributed by atoms with Gasteiger partial charge in [-0.3, -0.25) is 0 Å². The van der Waals surface area contributed by atoms with Gasteiger partial charge >= 0.3 is 7.12 Å². The normalized spacial score (nSPS) is 13.6. The zero-order chi connectivity index (χ0) is 15.5. The molecule has 0 radical (unpaired) electrons. The van der Waals surface area contributed by atoms with E-state index < -0.39 is 7.12 Å². The number of nitrogens with zero attached hydrogens (tertiary/aromatic N) is 1. The molecule has 2 aromatic rings. The van der Waals surface area contributed by atoms with Gasteiger partial charge in [0, 0.05) is 11.9 Å². The van der Waals surface area contributed by atoms with Crippen molar-refractivity contribution in [2.45, 2.75) is 6.32 Å². The van der Waals surface area contributed by atoms with Crippen molar-refractivity contribution in [3.63, 3.8) is 0 Å². The van der Waals surface area contributed by atoms with Crippen molar-refractivity contribution in [2.24, 2.45) is 0 Å². The van der Waals surface area contributed by atoms with Crippen LogP contribution in [0.4, 0.5) is 0 Å². The Labute approximate surface area is 129 Å². The summed E-state index contributed by atoms with van der Waals surface area (Å²) in [5, 5.41) is 9.46. The summed E-state index contributed by atoms with van der Waals surface area (Å²) in [4.78, 5) is 4.47. The van der Waals surface area contributed by atoms with Crippen LogP contribution in [0.5, 0.6) is 11.6 Å². The van der Waals surface area contributed by atoms with Gasteiger partial charge in [0.2, 0.25) is 0 Å². The van der Waals surface area contributed by atoms with Crippen molar-refractivity contribution in [3.05, 3.63) is 48.2 Å². The average Bonchev–Trinajstić information content (AvgIpc) is 3.01. The van der Waals surface area contributed by atoms with Gasteiger partial charge in [-0.05, 0) is 29.3 Å². The summed E-state index contributed by atoms with van der Waals surface area (Å²) >= 11 is 0. The molecule has 112 valence electrons. The van der Waals surface area contributed by atoms with Crippen LogP contribution in [0.15, 0.2) is 42.7 Å². The maximum Gasteiger partial charge on any atom is 0.526 e. The largest absolute Gasteiger partial charge is 0.542 e. The van der Waals surface area contributed by atoms with Gasteiger partial charge in [0.15, 0.2) is 5.75 Å². The van der Waals surface area contributed by atoms with Crippen LogP contribution < -0.4 is 9.47 Å². The van der Waals surface area contributed by atoms with Crippen LogP contribution >= 0.6 is 0 Å². The van der Waals surface area contributed by atoms with Crippen molar-refractivity contribution in [1.82, 2.24) is 4.98 Å². The molecule has 0 saturated carbocycles. The fourth-order valence-corrected chi connectivity index (χ4v) is 2.40. The minimum atomic E-state index is -0.752. The van der Waals surface area contributed by atoms with Gasteiger partial charge in [0.1, 0.15) is 0 Å². The predicted molar refractivity (Wildman–Crippen MR) is 84.6 cm³/mol. The Kier molecular flexibility index (Phi) is 4.02. The van der Waals surface area contributed by atoms with Gasteiger partial charge in [-0.2, -0.15) is 0 Å². The third-order valence-corrected chi connectivity index (χ3v) is 3.53. The van der Waals surface area contributed by atoms with E-state index in [1.165, 1.54) is 0 Å². The fraction of sp³-hybridized carbons (Fsp3) is 0.188. The highest BCUT2D eigenvalue weighted by atomic mass is 16.5.